The standard InChI is InChI=1S/C11H12N2O5/c14-7-5-10(11(15)16)12(6-7)8-3-1-2-4-9(8)13(17)18/h1-4,7,10,14H,5-6H2,(H,15,16)/t7-,10+/m1/s1. The predicted molar refractivity (Wildman–Crippen MR) is 62.5 cm³/mol. The van der Waals surface area contributed by atoms with Gasteiger partial charge in [-0.05, 0) is 6.07 Å². The minimum absolute atomic E-state index is 0.0708. The van der Waals surface area contributed by atoms with Crippen molar-refractivity contribution >= 4 is 17.3 Å². The van der Waals surface area contributed by atoms with Gasteiger partial charge in [0.15, 0.2) is 0 Å². The van der Waals surface area contributed by atoms with Gasteiger partial charge in [-0.2, -0.15) is 0 Å². The van der Waals surface area contributed by atoms with Crippen LogP contribution in [0.1, 0.15) is 6.42 Å². The highest BCUT2D eigenvalue weighted by Gasteiger charge is 2.38. The van der Waals surface area contributed by atoms with Crippen LogP contribution in [-0.4, -0.2) is 39.8 Å². The summed E-state index contributed by atoms with van der Waals surface area (Å²) in [7, 11) is 0. The number of β-amino-alcohol motifs (C(OH)–C–C–N with tert-alkyl or cyclic N) is 1. The molecular formula is C11H12N2O5. The molecule has 0 bridgehead atoms. The minimum Gasteiger partial charge on any atom is -0.480 e. The second-order valence-corrected chi connectivity index (χ2v) is 4.14. The fourth-order valence-electron chi connectivity index (χ4n) is 2.18. The van der Waals surface area contributed by atoms with Gasteiger partial charge >= 0.3 is 5.97 Å². The van der Waals surface area contributed by atoms with Gasteiger partial charge in [-0.3, -0.25) is 10.1 Å². The third-order valence-electron chi connectivity index (χ3n) is 2.95. The number of nitro groups is 1. The monoisotopic (exact) mass is 252 g/mol. The van der Waals surface area contributed by atoms with Crippen molar-refractivity contribution in [3.05, 3.63) is 34.4 Å². The van der Waals surface area contributed by atoms with Crippen LogP contribution in [0.4, 0.5) is 11.4 Å². The molecule has 1 aliphatic rings. The van der Waals surface area contributed by atoms with Gasteiger partial charge in [0, 0.05) is 19.0 Å². The molecule has 1 aromatic rings. The van der Waals surface area contributed by atoms with Gasteiger partial charge in [0.05, 0.1) is 11.0 Å². The van der Waals surface area contributed by atoms with E-state index >= 15 is 0 Å². The van der Waals surface area contributed by atoms with Crippen LogP contribution in [0.25, 0.3) is 0 Å². The number of nitrogens with zero attached hydrogens (tertiary/aromatic N) is 2. The third kappa shape index (κ3) is 2.12. The van der Waals surface area contributed by atoms with Gasteiger partial charge in [-0.1, -0.05) is 12.1 Å². The number of anilines is 1. The Morgan fingerprint density at radius 1 is 1.44 bits per heavy atom. The topological polar surface area (TPSA) is 104 Å². The molecule has 0 spiro atoms. The first-order valence-corrected chi connectivity index (χ1v) is 5.41. The molecule has 2 rings (SSSR count). The molecule has 7 nitrogen and oxygen atoms in total. The third-order valence-corrected chi connectivity index (χ3v) is 2.95. The molecule has 1 aliphatic heterocycles. The van der Waals surface area contributed by atoms with Gasteiger partial charge in [0.2, 0.25) is 0 Å². The van der Waals surface area contributed by atoms with Crippen LogP contribution < -0.4 is 4.90 Å². The summed E-state index contributed by atoms with van der Waals surface area (Å²) in [6.45, 7) is 0.0851. The molecule has 0 aliphatic carbocycles. The van der Waals surface area contributed by atoms with Gasteiger partial charge < -0.3 is 15.1 Å². The number of hydrogen-bond donors (Lipinski definition) is 2. The largest absolute Gasteiger partial charge is 0.480 e. The quantitative estimate of drug-likeness (QED) is 0.603. The molecule has 0 amide bonds. The summed E-state index contributed by atoms with van der Waals surface area (Å²) >= 11 is 0. The van der Waals surface area contributed by atoms with E-state index < -0.39 is 23.0 Å². The molecule has 0 saturated carbocycles. The number of benzene rings is 1. The Hall–Kier alpha value is -2.15. The molecule has 0 unspecified atom stereocenters. The van der Waals surface area contributed by atoms with Gasteiger partial charge in [-0.15, -0.1) is 0 Å². The smallest absolute Gasteiger partial charge is 0.326 e. The number of nitro benzene ring substituents is 1. The SMILES string of the molecule is O=C(O)[C@@H]1C[C@@H](O)CN1c1ccccc1[N+](=O)[O-]. The second-order valence-electron chi connectivity index (χ2n) is 4.14. The first kappa shape index (κ1) is 12.3. The molecule has 96 valence electrons. The van der Waals surface area contributed by atoms with Crippen LogP contribution >= 0.6 is 0 Å². The lowest BCUT2D eigenvalue weighted by Gasteiger charge is -2.22. The van der Waals surface area contributed by atoms with E-state index in [1.54, 1.807) is 6.07 Å². The van der Waals surface area contributed by atoms with E-state index in [0.29, 0.717) is 0 Å². The molecule has 2 atom stereocenters. The molecule has 18 heavy (non-hydrogen) atoms. The van der Waals surface area contributed by atoms with Crippen molar-refractivity contribution in [3.8, 4) is 0 Å². The molecule has 7 heteroatoms. The Kier molecular flexibility index (Phi) is 3.15. The fraction of sp³-hybridized carbons (Fsp3) is 0.364. The van der Waals surface area contributed by atoms with Gasteiger partial charge in [-0.25, -0.2) is 4.79 Å². The first-order chi connectivity index (χ1) is 8.50. The van der Waals surface area contributed by atoms with Crippen molar-refractivity contribution < 1.29 is 19.9 Å². The maximum atomic E-state index is 11.1. The summed E-state index contributed by atoms with van der Waals surface area (Å²) < 4.78 is 0. The second kappa shape index (κ2) is 4.61. The minimum atomic E-state index is -1.09. The average molecular weight is 252 g/mol. The van der Waals surface area contributed by atoms with Crippen molar-refractivity contribution in [3.63, 3.8) is 0 Å². The predicted octanol–water partition coefficient (Wildman–Crippen LogP) is 0.619. The van der Waals surface area contributed by atoms with Crippen LogP contribution in [0.15, 0.2) is 24.3 Å². The van der Waals surface area contributed by atoms with Crippen LogP contribution in [0, 0.1) is 10.1 Å². The maximum Gasteiger partial charge on any atom is 0.326 e. The van der Waals surface area contributed by atoms with Crippen molar-refractivity contribution in [1.82, 2.24) is 0 Å². The lowest BCUT2D eigenvalue weighted by atomic mass is 10.2. The zero-order chi connectivity index (χ0) is 13.3. The Labute approximate surface area is 102 Å². The number of carboxylic acids is 1. The van der Waals surface area contributed by atoms with E-state index in [9.17, 15) is 20.0 Å². The average Bonchev–Trinajstić information content (AvgIpc) is 2.71. The lowest BCUT2D eigenvalue weighted by Crippen LogP contribution is -2.36. The zero-order valence-electron chi connectivity index (χ0n) is 9.39. The Bertz CT molecular complexity index is 490. The van der Waals surface area contributed by atoms with Crippen LogP contribution in [0.5, 0.6) is 0 Å². The summed E-state index contributed by atoms with van der Waals surface area (Å²) in [6, 6.07) is 5.00. The highest BCUT2D eigenvalue weighted by molar-refractivity contribution is 5.81. The van der Waals surface area contributed by atoms with Crippen molar-refractivity contribution in [2.75, 3.05) is 11.4 Å². The van der Waals surface area contributed by atoms with Crippen molar-refractivity contribution in [2.24, 2.45) is 0 Å². The van der Waals surface area contributed by atoms with E-state index in [4.69, 9.17) is 5.11 Å². The summed E-state index contributed by atoms with van der Waals surface area (Å²) in [5.74, 6) is -1.09. The van der Waals surface area contributed by atoms with Crippen LogP contribution in [0.3, 0.4) is 0 Å². The normalized spacial score (nSPS) is 23.1. The Morgan fingerprint density at radius 2 is 2.11 bits per heavy atom. The van der Waals surface area contributed by atoms with Crippen LogP contribution in [-0.2, 0) is 4.79 Å². The molecule has 1 saturated heterocycles. The summed E-state index contributed by atoms with van der Waals surface area (Å²) in [6.07, 6.45) is -0.715. The molecule has 1 fully saturated rings. The molecule has 0 aromatic heterocycles. The van der Waals surface area contributed by atoms with E-state index in [2.05, 4.69) is 0 Å². The van der Waals surface area contributed by atoms with E-state index in [1.165, 1.54) is 23.1 Å². The fourth-order valence-corrected chi connectivity index (χ4v) is 2.18. The van der Waals surface area contributed by atoms with E-state index in [1.807, 2.05) is 0 Å². The number of aliphatic hydroxyl groups is 1. The summed E-state index contributed by atoms with van der Waals surface area (Å²) in [5.41, 5.74) is 0.0734. The molecule has 1 heterocycles. The van der Waals surface area contributed by atoms with Gasteiger partial charge in [0.25, 0.3) is 5.69 Å². The molecular weight excluding hydrogens is 240 g/mol. The Morgan fingerprint density at radius 3 is 2.72 bits per heavy atom. The van der Waals surface area contributed by atoms with Gasteiger partial charge in [0.1, 0.15) is 11.7 Å². The molecule has 1 aromatic carbocycles. The lowest BCUT2D eigenvalue weighted by molar-refractivity contribution is -0.384. The summed E-state index contributed by atoms with van der Waals surface area (Å²) in [5, 5.41) is 29.5. The first-order valence-electron chi connectivity index (χ1n) is 5.41. The number of rotatable bonds is 3. The molecule has 0 radical (unpaired) electrons. The number of aliphatic hydroxyl groups excluding tert-OH is 1. The Balaban J connectivity index is 2.41. The van der Waals surface area contributed by atoms with E-state index in [-0.39, 0.29) is 24.3 Å². The van der Waals surface area contributed by atoms with E-state index in [0.717, 1.165) is 0 Å². The van der Waals surface area contributed by atoms with Crippen LogP contribution in [0.2, 0.25) is 0 Å². The highest BCUT2D eigenvalue weighted by atomic mass is 16.6. The number of para-hydroxylation sites is 2. The maximum absolute atomic E-state index is 11.1. The molecule has 2 N–H and O–H groups in total. The number of aliphatic carboxylic acids is 1. The number of hydrogen-bond acceptors (Lipinski definition) is 5. The highest BCUT2D eigenvalue weighted by Crippen LogP contribution is 2.33. The van der Waals surface area contributed by atoms with Crippen molar-refractivity contribution in [1.29, 1.82) is 0 Å². The van der Waals surface area contributed by atoms with Crippen molar-refractivity contribution in [2.45, 2.75) is 18.6 Å². The zero-order valence-corrected chi connectivity index (χ0v) is 9.39. The number of carboxylic acid groups (broad SMARTS) is 1. The summed E-state index contributed by atoms with van der Waals surface area (Å²) in [4.78, 5) is 22.8. The number of carbonyl (C=O) groups is 1.